The van der Waals surface area contributed by atoms with Gasteiger partial charge in [-0.05, 0) is 69.6 Å². The van der Waals surface area contributed by atoms with Crippen molar-refractivity contribution >= 4 is 47.3 Å². The Morgan fingerprint density at radius 2 is 1.24 bits per heavy atom. The molecule has 21 nitrogen and oxygen atoms in total. The fourth-order valence-electron chi connectivity index (χ4n) is 5.77. The number of ether oxygens (including phenoxy) is 8. The normalized spacial score (nSPS) is 20.1. The number of amides is 6. The maximum atomic E-state index is 13.3. The maximum absolute atomic E-state index is 13.3. The summed E-state index contributed by atoms with van der Waals surface area (Å²) in [4.78, 5) is 88.4. The number of esters is 1. The van der Waals surface area contributed by atoms with Crippen molar-refractivity contribution in [2.75, 3.05) is 104 Å². The summed E-state index contributed by atoms with van der Waals surface area (Å²) in [5, 5.41) is 15.9. The van der Waals surface area contributed by atoms with Gasteiger partial charge in [-0.3, -0.25) is 28.8 Å². The average Bonchev–Trinajstić information content (AvgIpc) is 3.25. The third-order valence-electron chi connectivity index (χ3n) is 9.82. The van der Waals surface area contributed by atoms with Crippen LogP contribution in [0.5, 0.6) is 5.75 Å². The number of benzene rings is 1. The van der Waals surface area contributed by atoms with Crippen LogP contribution in [0, 0.1) is 23.2 Å². The Morgan fingerprint density at radius 3 is 1.76 bits per heavy atom. The van der Waals surface area contributed by atoms with Gasteiger partial charge in [0.1, 0.15) is 11.6 Å². The zero-order valence-corrected chi connectivity index (χ0v) is 41.0. The number of rotatable bonds is 5. The van der Waals surface area contributed by atoms with Gasteiger partial charge in [-0.2, -0.15) is 0 Å². The van der Waals surface area contributed by atoms with Gasteiger partial charge in [0.15, 0.2) is 5.75 Å². The van der Waals surface area contributed by atoms with Crippen molar-refractivity contribution in [2.45, 2.75) is 98.8 Å². The second-order valence-corrected chi connectivity index (χ2v) is 17.8. The number of anilines is 1. The van der Waals surface area contributed by atoms with Crippen LogP contribution in [0.4, 0.5) is 10.5 Å². The van der Waals surface area contributed by atoms with E-state index in [0.717, 1.165) is 0 Å². The number of nitrogens with one attached hydrogen (secondary N) is 6. The molecule has 0 bridgehead atoms. The molecule has 0 aliphatic carbocycles. The fourth-order valence-corrected chi connectivity index (χ4v) is 5.77. The Balaban J connectivity index is 2.13. The topological polar surface area (TPSA) is 266 Å². The summed E-state index contributed by atoms with van der Waals surface area (Å²) in [7, 11) is 0. The lowest BCUT2D eigenvalue weighted by molar-refractivity contribution is -0.135. The molecule has 3 atom stereocenters. The predicted molar refractivity (Wildman–Crippen MR) is 249 cm³/mol. The van der Waals surface area contributed by atoms with Crippen molar-refractivity contribution in [3.8, 4) is 17.6 Å². The number of hydrogen-bond donors (Lipinski definition) is 6. The summed E-state index contributed by atoms with van der Waals surface area (Å²) in [6.07, 6.45) is 0.237. The minimum Gasteiger partial charge on any atom is -0.444 e. The van der Waals surface area contributed by atoms with E-state index >= 15 is 0 Å². The van der Waals surface area contributed by atoms with Crippen LogP contribution >= 0.6 is 0 Å². The molecule has 2 rings (SSSR count). The number of fused-ring (bicyclic) bond motifs is 1. The third kappa shape index (κ3) is 28.7. The lowest BCUT2D eigenvalue weighted by atomic mass is 9.78. The molecule has 2 unspecified atom stereocenters. The van der Waals surface area contributed by atoms with Crippen molar-refractivity contribution < 1.29 is 71.5 Å². The summed E-state index contributed by atoms with van der Waals surface area (Å²) in [6.45, 7) is 17.5. The van der Waals surface area contributed by atoms with Crippen molar-refractivity contribution in [1.29, 1.82) is 0 Å². The molecule has 68 heavy (non-hydrogen) atoms. The van der Waals surface area contributed by atoms with Crippen molar-refractivity contribution in [1.82, 2.24) is 26.6 Å². The quantitative estimate of drug-likeness (QED) is 0.140. The predicted octanol–water partition coefficient (Wildman–Crippen LogP) is 1.79. The number of alkyl carbamates (subject to hydrolysis) is 1. The molecule has 0 saturated carbocycles. The molecule has 21 heteroatoms. The molecular formula is C47H74N6O15. The minimum absolute atomic E-state index is 0.0177. The molecule has 6 N–H and O–H groups in total. The molecule has 0 saturated heterocycles. The summed E-state index contributed by atoms with van der Waals surface area (Å²) >= 11 is 0. The van der Waals surface area contributed by atoms with E-state index in [1.165, 1.54) is 6.92 Å². The van der Waals surface area contributed by atoms with E-state index in [9.17, 15) is 33.6 Å². The van der Waals surface area contributed by atoms with Gasteiger partial charge in [0.05, 0.1) is 97.9 Å². The maximum Gasteiger partial charge on any atom is 0.407 e. The fraction of sp³-hybridized carbons (Fsp3) is 0.681. The second-order valence-electron chi connectivity index (χ2n) is 17.8. The first-order valence-corrected chi connectivity index (χ1v) is 23.0. The van der Waals surface area contributed by atoms with Crippen molar-refractivity contribution in [2.24, 2.45) is 11.3 Å². The number of carbonyl (C=O) groups is 7. The average molecular weight is 963 g/mol. The van der Waals surface area contributed by atoms with Gasteiger partial charge in [-0.25, -0.2) is 4.79 Å². The first-order valence-electron chi connectivity index (χ1n) is 23.0. The van der Waals surface area contributed by atoms with Gasteiger partial charge >= 0.3 is 12.1 Å². The molecule has 1 heterocycles. The van der Waals surface area contributed by atoms with Crippen LogP contribution in [-0.2, 0) is 68.3 Å². The highest BCUT2D eigenvalue weighted by Gasteiger charge is 2.27. The molecule has 1 aliphatic heterocycles. The molecule has 382 valence electrons. The smallest absolute Gasteiger partial charge is 0.407 e. The van der Waals surface area contributed by atoms with Gasteiger partial charge in [0.2, 0.25) is 17.7 Å². The zero-order chi connectivity index (χ0) is 50.4. The molecule has 1 aromatic carbocycles. The van der Waals surface area contributed by atoms with Gasteiger partial charge in [0, 0.05) is 37.4 Å². The van der Waals surface area contributed by atoms with Crippen LogP contribution < -0.4 is 36.6 Å². The van der Waals surface area contributed by atoms with Crippen LogP contribution in [0.1, 0.15) is 80.2 Å². The van der Waals surface area contributed by atoms with E-state index in [2.05, 4.69) is 71.4 Å². The number of hydrogen-bond acceptors (Lipinski definition) is 15. The van der Waals surface area contributed by atoms with Crippen LogP contribution in [-0.4, -0.2) is 158 Å². The lowest BCUT2D eigenvalue weighted by Crippen LogP contribution is -2.46. The van der Waals surface area contributed by atoms with E-state index in [0.29, 0.717) is 18.4 Å². The van der Waals surface area contributed by atoms with Crippen LogP contribution in [0.2, 0.25) is 0 Å². The van der Waals surface area contributed by atoms with Crippen LogP contribution in [0.15, 0.2) is 18.2 Å². The van der Waals surface area contributed by atoms with Gasteiger partial charge in [-0.15, -0.1) is 0 Å². The Bertz CT molecular complexity index is 1820. The SMILES string of the molecule is CC1NC(=O)CCOCCOCCOCCNC(=O)C#CC(=O)NCCOCCOCCOCCC(=O)Oc2ccc(C[C@@H](CC(C)C(C)(C)C)NC(=O)OC(C)(C)C)cc2NC(=O)CNC1=O. The lowest BCUT2D eigenvalue weighted by Gasteiger charge is -2.32. The zero-order valence-electron chi connectivity index (χ0n) is 41.0. The Morgan fingerprint density at radius 1 is 0.721 bits per heavy atom. The first-order chi connectivity index (χ1) is 32.2. The molecule has 0 fully saturated rings. The first kappa shape index (κ1) is 58.8. The standard InChI is InChI=1S/C47H74N6O15/c1-33(46(3,4)5)29-36(52-45(60)68-47(6,7)8)30-35-9-10-38-37(31-35)53-42(57)32-50-44(59)34(2)51-41(56)13-17-61-21-25-65-27-23-63-19-15-48-39(54)11-12-40(55)49-16-20-64-24-28-66-26-22-62-18-14-43(58)67-38/h9-10,31,33-34,36H,13-30,32H2,1-8H3,(H,48,54)(H,49,55)(H,50,59)(H,51,56)(H,52,60)(H,53,57)/t33?,34?,36-/m1/s1. The molecule has 1 aliphatic rings. The van der Waals surface area contributed by atoms with E-state index in [4.69, 9.17) is 37.9 Å². The molecule has 0 radical (unpaired) electrons. The van der Waals surface area contributed by atoms with Gasteiger partial charge in [-0.1, -0.05) is 33.8 Å². The summed E-state index contributed by atoms with van der Waals surface area (Å²) in [5.74, 6) is 1.05. The second kappa shape index (κ2) is 32.4. The highest BCUT2D eigenvalue weighted by Crippen LogP contribution is 2.31. The van der Waals surface area contributed by atoms with E-state index < -0.39 is 59.8 Å². The van der Waals surface area contributed by atoms with Crippen LogP contribution in [0.25, 0.3) is 0 Å². The monoisotopic (exact) mass is 963 g/mol. The van der Waals surface area contributed by atoms with E-state index in [-0.39, 0.29) is 134 Å². The molecule has 1 aromatic rings. The number of carbonyl (C=O) groups excluding carboxylic acids is 7. The molecular weight excluding hydrogens is 889 g/mol. The third-order valence-corrected chi connectivity index (χ3v) is 9.82. The molecule has 0 spiro atoms. The van der Waals surface area contributed by atoms with Crippen molar-refractivity contribution in [3.63, 3.8) is 0 Å². The van der Waals surface area contributed by atoms with Crippen LogP contribution in [0.3, 0.4) is 0 Å². The summed E-state index contributed by atoms with van der Waals surface area (Å²) in [5.41, 5.74) is 0.0808. The van der Waals surface area contributed by atoms with Crippen molar-refractivity contribution in [3.05, 3.63) is 23.8 Å². The summed E-state index contributed by atoms with van der Waals surface area (Å²) in [6, 6.07) is 3.58. The van der Waals surface area contributed by atoms with Gasteiger partial charge in [0.25, 0.3) is 11.8 Å². The minimum atomic E-state index is -0.978. The highest BCUT2D eigenvalue weighted by molar-refractivity contribution is 6.02. The molecule has 0 aromatic heterocycles. The summed E-state index contributed by atoms with van der Waals surface area (Å²) < 4.78 is 43.9. The van der Waals surface area contributed by atoms with E-state index in [1.807, 2.05) is 0 Å². The molecule has 6 amide bonds. The Labute approximate surface area is 400 Å². The largest absolute Gasteiger partial charge is 0.444 e. The Hall–Kier alpha value is -5.37. The Kier molecular flexibility index (Phi) is 28.0. The highest BCUT2D eigenvalue weighted by atomic mass is 16.6. The van der Waals surface area contributed by atoms with Gasteiger partial charge < -0.3 is 69.8 Å². The van der Waals surface area contributed by atoms with E-state index in [1.54, 1.807) is 39.0 Å².